The predicted octanol–water partition coefficient (Wildman–Crippen LogP) is 1.85. The maximum absolute atomic E-state index is 12.7. The van der Waals surface area contributed by atoms with Crippen molar-refractivity contribution in [1.82, 2.24) is 10.2 Å². The monoisotopic (exact) mass is 358 g/mol. The van der Waals surface area contributed by atoms with Crippen LogP contribution < -0.4 is 16.0 Å². The normalized spacial score (nSPS) is 21.0. The van der Waals surface area contributed by atoms with Crippen molar-refractivity contribution in [3.63, 3.8) is 0 Å². The largest absolute Gasteiger partial charge is 0.337 e. The number of amides is 3. The molecule has 2 heterocycles. The summed E-state index contributed by atoms with van der Waals surface area (Å²) in [5.41, 5.74) is 7.05. The molecule has 0 spiro atoms. The van der Waals surface area contributed by atoms with Crippen molar-refractivity contribution in [3.05, 3.63) is 28.8 Å². The highest BCUT2D eigenvalue weighted by Gasteiger charge is 2.26. The first-order valence-corrected chi connectivity index (χ1v) is 7.84. The molecule has 3 rings (SSSR count). The molecular formula is C15H20Cl2N4O2. The van der Waals surface area contributed by atoms with E-state index in [2.05, 4.69) is 5.32 Å². The van der Waals surface area contributed by atoms with Crippen LogP contribution in [-0.2, 0) is 0 Å². The fourth-order valence-corrected chi connectivity index (χ4v) is 3.13. The Morgan fingerprint density at radius 2 is 2.13 bits per heavy atom. The van der Waals surface area contributed by atoms with E-state index in [0.717, 1.165) is 12.8 Å². The SMILES string of the molecule is Cl.NC1CCCN(C(=O)c2cc(N3CCNC3=O)ccc2Cl)C1. The van der Waals surface area contributed by atoms with E-state index in [-0.39, 0.29) is 30.4 Å². The molecule has 0 bridgehead atoms. The molecule has 1 unspecified atom stereocenters. The molecule has 126 valence electrons. The van der Waals surface area contributed by atoms with E-state index < -0.39 is 0 Å². The fraction of sp³-hybridized carbons (Fsp3) is 0.467. The van der Waals surface area contributed by atoms with Crippen molar-refractivity contribution in [2.45, 2.75) is 18.9 Å². The molecule has 0 radical (unpaired) electrons. The molecule has 6 nitrogen and oxygen atoms in total. The van der Waals surface area contributed by atoms with Gasteiger partial charge in [0.25, 0.3) is 5.91 Å². The average molecular weight is 359 g/mol. The van der Waals surface area contributed by atoms with Crippen LogP contribution in [0.25, 0.3) is 0 Å². The lowest BCUT2D eigenvalue weighted by Gasteiger charge is -2.31. The highest BCUT2D eigenvalue weighted by atomic mass is 35.5. The van der Waals surface area contributed by atoms with E-state index in [1.807, 2.05) is 0 Å². The summed E-state index contributed by atoms with van der Waals surface area (Å²) in [6, 6.07) is 4.98. The van der Waals surface area contributed by atoms with Gasteiger partial charge in [0, 0.05) is 37.9 Å². The van der Waals surface area contributed by atoms with Gasteiger partial charge in [-0.3, -0.25) is 9.69 Å². The molecule has 0 saturated carbocycles. The number of carbonyl (C=O) groups excluding carboxylic acids is 2. The van der Waals surface area contributed by atoms with Gasteiger partial charge in [0.2, 0.25) is 0 Å². The number of benzene rings is 1. The van der Waals surface area contributed by atoms with Gasteiger partial charge in [-0.15, -0.1) is 12.4 Å². The third kappa shape index (κ3) is 3.71. The van der Waals surface area contributed by atoms with E-state index in [1.165, 1.54) is 0 Å². The van der Waals surface area contributed by atoms with Crippen molar-refractivity contribution >= 4 is 41.6 Å². The quantitative estimate of drug-likeness (QED) is 0.846. The standard InChI is InChI=1S/C15H19ClN4O2.ClH/c16-13-4-3-11(20-7-5-18-15(20)22)8-12(13)14(21)19-6-1-2-10(17)9-19;/h3-4,8,10H,1-2,5-7,9,17H2,(H,18,22);1H. The highest BCUT2D eigenvalue weighted by molar-refractivity contribution is 6.34. The number of halogens is 2. The summed E-state index contributed by atoms with van der Waals surface area (Å²) in [5, 5.41) is 3.14. The van der Waals surface area contributed by atoms with Gasteiger partial charge in [-0.05, 0) is 31.0 Å². The molecule has 0 aliphatic carbocycles. The molecule has 1 aromatic rings. The Labute approximate surface area is 146 Å². The minimum atomic E-state index is -0.152. The summed E-state index contributed by atoms with van der Waals surface area (Å²) >= 11 is 6.19. The van der Waals surface area contributed by atoms with Crippen LogP contribution in [0.5, 0.6) is 0 Å². The number of rotatable bonds is 2. The molecule has 0 aromatic heterocycles. The number of hydrogen-bond donors (Lipinski definition) is 2. The number of urea groups is 1. The summed E-state index contributed by atoms with van der Waals surface area (Å²) in [4.78, 5) is 27.8. The van der Waals surface area contributed by atoms with Crippen LogP contribution in [0.1, 0.15) is 23.2 Å². The van der Waals surface area contributed by atoms with E-state index in [0.29, 0.717) is 42.5 Å². The van der Waals surface area contributed by atoms with Gasteiger partial charge in [-0.25, -0.2) is 4.79 Å². The molecule has 2 aliphatic rings. The van der Waals surface area contributed by atoms with Gasteiger partial charge in [0.1, 0.15) is 0 Å². The lowest BCUT2D eigenvalue weighted by Crippen LogP contribution is -2.45. The maximum atomic E-state index is 12.7. The third-order valence-corrected chi connectivity index (χ3v) is 4.42. The molecule has 3 N–H and O–H groups in total. The predicted molar refractivity (Wildman–Crippen MR) is 92.6 cm³/mol. The van der Waals surface area contributed by atoms with Crippen LogP contribution in [0.4, 0.5) is 10.5 Å². The van der Waals surface area contributed by atoms with E-state index >= 15 is 0 Å². The molecule has 2 aliphatic heterocycles. The van der Waals surface area contributed by atoms with E-state index in [4.69, 9.17) is 17.3 Å². The Kier molecular flexibility index (Phi) is 5.73. The van der Waals surface area contributed by atoms with Crippen LogP contribution in [-0.4, -0.2) is 49.1 Å². The Hall–Kier alpha value is -1.50. The molecule has 1 aromatic carbocycles. The van der Waals surface area contributed by atoms with Crippen molar-refractivity contribution in [2.75, 3.05) is 31.1 Å². The first-order chi connectivity index (χ1) is 10.6. The Bertz CT molecular complexity index is 611. The second-order valence-electron chi connectivity index (χ2n) is 5.70. The van der Waals surface area contributed by atoms with Crippen molar-refractivity contribution < 1.29 is 9.59 Å². The molecule has 8 heteroatoms. The van der Waals surface area contributed by atoms with Crippen molar-refractivity contribution in [1.29, 1.82) is 0 Å². The minimum Gasteiger partial charge on any atom is -0.337 e. The van der Waals surface area contributed by atoms with E-state index in [9.17, 15) is 9.59 Å². The number of piperidine rings is 1. The number of nitrogens with one attached hydrogen (secondary N) is 1. The maximum Gasteiger partial charge on any atom is 0.321 e. The highest BCUT2D eigenvalue weighted by Crippen LogP contribution is 2.26. The Morgan fingerprint density at radius 3 is 2.78 bits per heavy atom. The molecule has 23 heavy (non-hydrogen) atoms. The molecule has 3 amide bonds. The summed E-state index contributed by atoms with van der Waals surface area (Å²) in [5.74, 6) is -0.124. The van der Waals surface area contributed by atoms with Gasteiger partial charge in [-0.2, -0.15) is 0 Å². The average Bonchev–Trinajstić information content (AvgIpc) is 2.93. The van der Waals surface area contributed by atoms with Gasteiger partial charge >= 0.3 is 6.03 Å². The molecular weight excluding hydrogens is 339 g/mol. The second kappa shape index (κ2) is 7.38. The number of hydrogen-bond acceptors (Lipinski definition) is 3. The second-order valence-corrected chi connectivity index (χ2v) is 6.11. The minimum absolute atomic E-state index is 0. The number of carbonyl (C=O) groups is 2. The lowest BCUT2D eigenvalue weighted by atomic mass is 10.0. The van der Waals surface area contributed by atoms with Gasteiger partial charge < -0.3 is 16.0 Å². The van der Waals surface area contributed by atoms with Crippen LogP contribution in [0.2, 0.25) is 5.02 Å². The van der Waals surface area contributed by atoms with Gasteiger partial charge in [-0.1, -0.05) is 11.6 Å². The van der Waals surface area contributed by atoms with Crippen molar-refractivity contribution in [2.24, 2.45) is 5.73 Å². The zero-order valence-electron chi connectivity index (χ0n) is 12.6. The molecule has 2 fully saturated rings. The number of nitrogens with zero attached hydrogens (tertiary/aromatic N) is 2. The van der Waals surface area contributed by atoms with E-state index in [1.54, 1.807) is 28.0 Å². The topological polar surface area (TPSA) is 78.7 Å². The summed E-state index contributed by atoms with van der Waals surface area (Å²) in [7, 11) is 0. The van der Waals surface area contributed by atoms with Crippen molar-refractivity contribution in [3.8, 4) is 0 Å². The van der Waals surface area contributed by atoms with Gasteiger partial charge in [0.05, 0.1) is 10.6 Å². The van der Waals surface area contributed by atoms with Crippen LogP contribution in [0.3, 0.4) is 0 Å². The van der Waals surface area contributed by atoms with Crippen LogP contribution in [0, 0.1) is 0 Å². The van der Waals surface area contributed by atoms with Crippen LogP contribution in [0.15, 0.2) is 18.2 Å². The third-order valence-electron chi connectivity index (χ3n) is 4.09. The zero-order valence-corrected chi connectivity index (χ0v) is 14.2. The van der Waals surface area contributed by atoms with Gasteiger partial charge in [0.15, 0.2) is 0 Å². The first-order valence-electron chi connectivity index (χ1n) is 7.46. The number of nitrogens with two attached hydrogens (primary N) is 1. The number of likely N-dealkylation sites (tertiary alicyclic amines) is 1. The molecule has 2 saturated heterocycles. The fourth-order valence-electron chi connectivity index (χ4n) is 2.93. The lowest BCUT2D eigenvalue weighted by molar-refractivity contribution is 0.0709. The summed E-state index contributed by atoms with van der Waals surface area (Å²) < 4.78 is 0. The Balaban J connectivity index is 0.00000192. The van der Waals surface area contributed by atoms with Crippen LogP contribution >= 0.6 is 24.0 Å². The zero-order chi connectivity index (χ0) is 15.7. The number of anilines is 1. The summed E-state index contributed by atoms with van der Waals surface area (Å²) in [6.45, 7) is 2.43. The summed E-state index contributed by atoms with van der Waals surface area (Å²) in [6.07, 6.45) is 1.84. The molecule has 1 atom stereocenters. The smallest absolute Gasteiger partial charge is 0.321 e. The Morgan fingerprint density at radius 1 is 1.35 bits per heavy atom. The first kappa shape index (κ1) is 17.8.